The largest absolute Gasteiger partial charge is 0.416 e. The van der Waals surface area contributed by atoms with E-state index in [0.29, 0.717) is 23.8 Å². The third kappa shape index (κ3) is 3.25. The van der Waals surface area contributed by atoms with Crippen molar-refractivity contribution < 1.29 is 13.2 Å². The van der Waals surface area contributed by atoms with Crippen molar-refractivity contribution in [1.29, 1.82) is 0 Å². The fourth-order valence-electron chi connectivity index (χ4n) is 2.30. The van der Waals surface area contributed by atoms with Crippen molar-refractivity contribution in [2.24, 2.45) is 17.6 Å². The van der Waals surface area contributed by atoms with E-state index in [1.165, 1.54) is 25.0 Å². The minimum absolute atomic E-state index is 0.0546. The molecule has 100 valence electrons. The highest BCUT2D eigenvalue weighted by Crippen LogP contribution is 2.38. The molecule has 1 aromatic rings. The smallest absolute Gasteiger partial charge is 0.327 e. The molecule has 1 nitrogen and oxygen atoms in total. The summed E-state index contributed by atoms with van der Waals surface area (Å²) < 4.78 is 37.7. The zero-order valence-corrected chi connectivity index (χ0v) is 10.4. The van der Waals surface area contributed by atoms with Crippen LogP contribution in [-0.2, 0) is 12.6 Å². The van der Waals surface area contributed by atoms with Crippen molar-refractivity contribution in [2.75, 3.05) is 0 Å². The topological polar surface area (TPSA) is 26.0 Å². The first-order valence-corrected chi connectivity index (χ1v) is 6.29. The fraction of sp³-hybridized carbons (Fsp3) is 0.571. The first-order chi connectivity index (χ1) is 8.38. The van der Waals surface area contributed by atoms with Crippen molar-refractivity contribution in [1.82, 2.24) is 0 Å². The molecule has 2 N–H and O–H groups in total. The highest BCUT2D eigenvalue weighted by Gasteiger charge is 2.33. The Morgan fingerprint density at radius 1 is 1.33 bits per heavy atom. The first-order valence-electron chi connectivity index (χ1n) is 6.29. The van der Waals surface area contributed by atoms with Crippen LogP contribution in [0.5, 0.6) is 0 Å². The second-order valence-corrected chi connectivity index (χ2v) is 5.26. The zero-order valence-electron chi connectivity index (χ0n) is 10.4. The van der Waals surface area contributed by atoms with Gasteiger partial charge in [-0.2, -0.15) is 13.2 Å². The maximum atomic E-state index is 12.6. The summed E-state index contributed by atoms with van der Waals surface area (Å²) in [4.78, 5) is 0. The van der Waals surface area contributed by atoms with Crippen LogP contribution in [0.3, 0.4) is 0 Å². The average Bonchev–Trinajstić information content (AvgIpc) is 3.11. The van der Waals surface area contributed by atoms with Crippen molar-refractivity contribution in [3.63, 3.8) is 0 Å². The van der Waals surface area contributed by atoms with E-state index in [4.69, 9.17) is 5.73 Å². The van der Waals surface area contributed by atoms with Crippen LogP contribution in [0.15, 0.2) is 24.3 Å². The lowest BCUT2D eigenvalue weighted by molar-refractivity contribution is -0.137. The fourth-order valence-corrected chi connectivity index (χ4v) is 2.30. The van der Waals surface area contributed by atoms with E-state index in [-0.39, 0.29) is 6.04 Å². The molecule has 0 aromatic heterocycles. The molecule has 1 saturated carbocycles. The summed E-state index contributed by atoms with van der Waals surface area (Å²) in [5.74, 6) is 1.06. The predicted octanol–water partition coefficient (Wildman–Crippen LogP) is 3.62. The molecule has 0 amide bonds. The molecule has 1 aliphatic rings. The maximum Gasteiger partial charge on any atom is 0.416 e. The molecule has 0 aliphatic heterocycles. The van der Waals surface area contributed by atoms with Gasteiger partial charge in [-0.05, 0) is 42.7 Å². The van der Waals surface area contributed by atoms with Gasteiger partial charge >= 0.3 is 6.18 Å². The van der Waals surface area contributed by atoms with E-state index >= 15 is 0 Å². The van der Waals surface area contributed by atoms with E-state index in [2.05, 4.69) is 6.92 Å². The molecule has 0 saturated heterocycles. The van der Waals surface area contributed by atoms with E-state index in [9.17, 15) is 13.2 Å². The Kier molecular flexibility index (Phi) is 3.66. The average molecular weight is 257 g/mol. The first kappa shape index (κ1) is 13.4. The molecule has 0 bridgehead atoms. The quantitative estimate of drug-likeness (QED) is 0.876. The van der Waals surface area contributed by atoms with Crippen LogP contribution in [0, 0.1) is 11.8 Å². The van der Waals surface area contributed by atoms with Crippen molar-refractivity contribution >= 4 is 0 Å². The van der Waals surface area contributed by atoms with Gasteiger partial charge in [-0.15, -0.1) is 0 Å². The van der Waals surface area contributed by atoms with Gasteiger partial charge in [-0.3, -0.25) is 0 Å². The lowest BCUT2D eigenvalue weighted by Crippen LogP contribution is -2.31. The van der Waals surface area contributed by atoms with Crippen LogP contribution in [-0.4, -0.2) is 6.04 Å². The molecule has 4 heteroatoms. The summed E-state index contributed by atoms with van der Waals surface area (Å²) in [5.41, 5.74) is 6.15. The maximum absolute atomic E-state index is 12.6. The zero-order chi connectivity index (χ0) is 13.3. The number of hydrogen-bond acceptors (Lipinski definition) is 1. The van der Waals surface area contributed by atoms with Crippen LogP contribution in [0.1, 0.15) is 30.9 Å². The Bertz CT molecular complexity index is 410. The Labute approximate surface area is 105 Å². The SMILES string of the molecule is CC(C(N)Cc1cccc(C(F)(F)F)c1)C1CC1. The number of alkyl halides is 3. The minimum Gasteiger partial charge on any atom is -0.327 e. The third-order valence-electron chi connectivity index (χ3n) is 3.77. The molecular formula is C14H18F3N. The summed E-state index contributed by atoms with van der Waals surface area (Å²) in [6.45, 7) is 2.09. The molecule has 0 heterocycles. The number of nitrogens with two attached hydrogens (primary N) is 1. The molecule has 0 spiro atoms. The molecule has 0 radical (unpaired) electrons. The van der Waals surface area contributed by atoms with Crippen LogP contribution in [0.25, 0.3) is 0 Å². The molecular weight excluding hydrogens is 239 g/mol. The van der Waals surface area contributed by atoms with E-state index < -0.39 is 11.7 Å². The Hall–Kier alpha value is -1.03. The molecule has 1 aromatic carbocycles. The molecule has 2 unspecified atom stereocenters. The van der Waals surface area contributed by atoms with Crippen LogP contribution in [0.4, 0.5) is 13.2 Å². The highest BCUT2D eigenvalue weighted by molar-refractivity contribution is 5.26. The molecule has 18 heavy (non-hydrogen) atoms. The number of rotatable bonds is 4. The summed E-state index contributed by atoms with van der Waals surface area (Å²) in [6, 6.07) is 5.42. The second-order valence-electron chi connectivity index (χ2n) is 5.26. The van der Waals surface area contributed by atoms with Gasteiger partial charge in [0.05, 0.1) is 5.56 Å². The lowest BCUT2D eigenvalue weighted by Gasteiger charge is -2.20. The summed E-state index contributed by atoms with van der Waals surface area (Å²) in [6.07, 6.45) is -1.35. The Balaban J connectivity index is 2.04. The number of benzene rings is 1. The van der Waals surface area contributed by atoms with E-state index in [1.54, 1.807) is 6.07 Å². The number of halogens is 3. The van der Waals surface area contributed by atoms with Crippen LogP contribution >= 0.6 is 0 Å². The third-order valence-corrected chi connectivity index (χ3v) is 3.77. The van der Waals surface area contributed by atoms with Gasteiger partial charge < -0.3 is 5.73 Å². The molecule has 1 aliphatic carbocycles. The van der Waals surface area contributed by atoms with Crippen molar-refractivity contribution in [3.05, 3.63) is 35.4 Å². The molecule has 1 fully saturated rings. The van der Waals surface area contributed by atoms with Gasteiger partial charge in [-0.1, -0.05) is 25.1 Å². The predicted molar refractivity (Wildman–Crippen MR) is 65.0 cm³/mol. The highest BCUT2D eigenvalue weighted by atomic mass is 19.4. The second kappa shape index (κ2) is 4.92. The van der Waals surface area contributed by atoms with Gasteiger partial charge in [0.2, 0.25) is 0 Å². The van der Waals surface area contributed by atoms with Gasteiger partial charge in [0.25, 0.3) is 0 Å². The van der Waals surface area contributed by atoms with Crippen molar-refractivity contribution in [2.45, 2.75) is 38.4 Å². The van der Waals surface area contributed by atoms with Crippen LogP contribution in [0.2, 0.25) is 0 Å². The lowest BCUT2D eigenvalue weighted by atomic mass is 9.91. The van der Waals surface area contributed by atoms with Gasteiger partial charge in [-0.25, -0.2) is 0 Å². The minimum atomic E-state index is -4.28. The Morgan fingerprint density at radius 2 is 2.00 bits per heavy atom. The van der Waals surface area contributed by atoms with E-state index in [0.717, 1.165) is 6.07 Å². The number of hydrogen-bond donors (Lipinski definition) is 1. The molecule has 2 atom stereocenters. The summed E-state index contributed by atoms with van der Waals surface area (Å²) in [7, 11) is 0. The summed E-state index contributed by atoms with van der Waals surface area (Å²) >= 11 is 0. The van der Waals surface area contributed by atoms with Gasteiger partial charge in [0, 0.05) is 6.04 Å². The normalized spacial score (nSPS) is 19.6. The Morgan fingerprint density at radius 3 is 2.56 bits per heavy atom. The standard InChI is InChI=1S/C14H18F3N/c1-9(11-5-6-11)13(18)8-10-3-2-4-12(7-10)14(15,16)17/h2-4,7,9,11,13H,5-6,8,18H2,1H3. The van der Waals surface area contributed by atoms with Gasteiger partial charge in [0.15, 0.2) is 0 Å². The molecule has 2 rings (SSSR count). The van der Waals surface area contributed by atoms with Gasteiger partial charge in [0.1, 0.15) is 0 Å². The monoisotopic (exact) mass is 257 g/mol. The van der Waals surface area contributed by atoms with Crippen molar-refractivity contribution in [3.8, 4) is 0 Å². The summed E-state index contributed by atoms with van der Waals surface area (Å²) in [5, 5.41) is 0. The van der Waals surface area contributed by atoms with E-state index in [1.807, 2.05) is 0 Å². The van der Waals surface area contributed by atoms with Crippen LogP contribution < -0.4 is 5.73 Å².